The average molecular weight is 214 g/mol. The summed E-state index contributed by atoms with van der Waals surface area (Å²) in [6, 6.07) is 4.01. The van der Waals surface area contributed by atoms with E-state index >= 15 is 0 Å². The number of halogens is 1. The van der Waals surface area contributed by atoms with Crippen LogP contribution in [0.15, 0.2) is 24.5 Å². The molecule has 0 bridgehead atoms. The highest BCUT2D eigenvalue weighted by Crippen LogP contribution is 2.24. The zero-order valence-electron chi connectivity index (χ0n) is 8.61. The van der Waals surface area contributed by atoms with E-state index in [1.807, 2.05) is 12.1 Å². The molecular formula is C11H16ClNO. The number of nitrogens with zero attached hydrogens (tertiary/aromatic N) is 1. The van der Waals surface area contributed by atoms with E-state index in [0.717, 1.165) is 6.42 Å². The normalized spacial score (nSPS) is 15.1. The Morgan fingerprint density at radius 2 is 2.07 bits per heavy atom. The van der Waals surface area contributed by atoms with Crippen molar-refractivity contribution in [1.82, 2.24) is 4.98 Å². The predicted molar refractivity (Wildman–Crippen MR) is 58.8 cm³/mol. The zero-order chi connectivity index (χ0) is 10.4. The highest BCUT2D eigenvalue weighted by molar-refractivity contribution is 6.21. The van der Waals surface area contributed by atoms with Crippen LogP contribution < -0.4 is 0 Å². The quantitative estimate of drug-likeness (QED) is 0.702. The standard InChI is InChI=1S/C11H16ClNO/c1-9(11(12)5-8-14-2)10-3-6-13-7-4-10/h3-4,6-7,9,11H,5,8H2,1-2H3. The fourth-order valence-corrected chi connectivity index (χ4v) is 1.59. The molecule has 2 atom stereocenters. The third kappa shape index (κ3) is 3.28. The topological polar surface area (TPSA) is 22.1 Å². The monoisotopic (exact) mass is 213 g/mol. The summed E-state index contributed by atoms with van der Waals surface area (Å²) < 4.78 is 5.00. The van der Waals surface area contributed by atoms with Crippen LogP contribution in [0.2, 0.25) is 0 Å². The Morgan fingerprint density at radius 3 is 2.64 bits per heavy atom. The first kappa shape index (κ1) is 11.5. The van der Waals surface area contributed by atoms with Gasteiger partial charge in [0.1, 0.15) is 0 Å². The molecule has 1 aromatic heterocycles. The van der Waals surface area contributed by atoms with Gasteiger partial charge in [-0.3, -0.25) is 4.98 Å². The number of ether oxygens (including phenoxy) is 1. The van der Waals surface area contributed by atoms with Gasteiger partial charge in [-0.15, -0.1) is 11.6 Å². The van der Waals surface area contributed by atoms with E-state index in [1.165, 1.54) is 5.56 Å². The third-order valence-corrected chi connectivity index (χ3v) is 2.97. The van der Waals surface area contributed by atoms with Crippen molar-refractivity contribution in [2.45, 2.75) is 24.6 Å². The van der Waals surface area contributed by atoms with E-state index < -0.39 is 0 Å². The summed E-state index contributed by atoms with van der Waals surface area (Å²) in [4.78, 5) is 3.98. The van der Waals surface area contributed by atoms with E-state index in [9.17, 15) is 0 Å². The van der Waals surface area contributed by atoms with Crippen LogP contribution in [0.3, 0.4) is 0 Å². The Bertz CT molecular complexity index is 253. The van der Waals surface area contributed by atoms with Crippen molar-refractivity contribution in [3.8, 4) is 0 Å². The van der Waals surface area contributed by atoms with Gasteiger partial charge in [0.25, 0.3) is 0 Å². The summed E-state index contributed by atoms with van der Waals surface area (Å²) in [5, 5.41) is 0.123. The van der Waals surface area contributed by atoms with Gasteiger partial charge in [0.05, 0.1) is 0 Å². The van der Waals surface area contributed by atoms with Crippen molar-refractivity contribution in [1.29, 1.82) is 0 Å². The fourth-order valence-electron chi connectivity index (χ4n) is 1.36. The summed E-state index contributed by atoms with van der Waals surface area (Å²) in [6.45, 7) is 2.84. The lowest BCUT2D eigenvalue weighted by molar-refractivity contribution is 0.192. The molecule has 0 aromatic carbocycles. The lowest BCUT2D eigenvalue weighted by Crippen LogP contribution is -2.12. The smallest absolute Gasteiger partial charge is 0.0476 e. The summed E-state index contributed by atoms with van der Waals surface area (Å²) in [7, 11) is 1.70. The van der Waals surface area contributed by atoms with Gasteiger partial charge in [-0.1, -0.05) is 6.92 Å². The van der Waals surface area contributed by atoms with Crippen LogP contribution >= 0.6 is 11.6 Å². The van der Waals surface area contributed by atoms with Crippen molar-refractivity contribution in [3.05, 3.63) is 30.1 Å². The molecule has 0 radical (unpaired) electrons. The number of hydrogen-bond acceptors (Lipinski definition) is 2. The molecule has 1 heterocycles. The molecule has 0 saturated carbocycles. The van der Waals surface area contributed by atoms with Crippen molar-refractivity contribution in [2.75, 3.05) is 13.7 Å². The Balaban J connectivity index is 2.52. The van der Waals surface area contributed by atoms with Gasteiger partial charge < -0.3 is 4.74 Å². The van der Waals surface area contributed by atoms with Crippen LogP contribution in [-0.2, 0) is 4.74 Å². The highest BCUT2D eigenvalue weighted by Gasteiger charge is 2.15. The minimum atomic E-state index is 0.123. The largest absolute Gasteiger partial charge is 0.385 e. The molecule has 0 amide bonds. The molecule has 2 nitrogen and oxygen atoms in total. The van der Waals surface area contributed by atoms with E-state index in [-0.39, 0.29) is 5.38 Å². The van der Waals surface area contributed by atoms with Crippen LogP contribution in [0.25, 0.3) is 0 Å². The molecule has 2 unspecified atom stereocenters. The lowest BCUT2D eigenvalue weighted by atomic mass is 9.97. The number of pyridine rings is 1. The van der Waals surface area contributed by atoms with Crippen LogP contribution in [0.4, 0.5) is 0 Å². The summed E-state index contributed by atoms with van der Waals surface area (Å²) in [6.07, 6.45) is 4.47. The van der Waals surface area contributed by atoms with Gasteiger partial charge >= 0.3 is 0 Å². The van der Waals surface area contributed by atoms with Crippen LogP contribution in [0.5, 0.6) is 0 Å². The predicted octanol–water partition coefficient (Wildman–Crippen LogP) is 2.83. The van der Waals surface area contributed by atoms with Crippen LogP contribution in [-0.4, -0.2) is 24.1 Å². The molecule has 1 aromatic rings. The minimum Gasteiger partial charge on any atom is -0.385 e. The number of hydrogen-bond donors (Lipinski definition) is 0. The highest BCUT2D eigenvalue weighted by atomic mass is 35.5. The van der Waals surface area contributed by atoms with Gasteiger partial charge in [-0.25, -0.2) is 0 Å². The van der Waals surface area contributed by atoms with Gasteiger partial charge in [-0.2, -0.15) is 0 Å². The Morgan fingerprint density at radius 1 is 1.43 bits per heavy atom. The third-order valence-electron chi connectivity index (χ3n) is 2.37. The molecule has 0 spiro atoms. The van der Waals surface area contributed by atoms with Crippen LogP contribution in [0, 0.1) is 0 Å². The average Bonchev–Trinajstić information content (AvgIpc) is 2.26. The van der Waals surface area contributed by atoms with Crippen molar-refractivity contribution in [3.63, 3.8) is 0 Å². The number of methoxy groups -OCH3 is 1. The SMILES string of the molecule is COCCC(Cl)C(C)c1ccncc1. The molecule has 78 valence electrons. The number of rotatable bonds is 5. The van der Waals surface area contributed by atoms with Gasteiger partial charge in [-0.05, 0) is 30.0 Å². The Labute approximate surface area is 90.3 Å². The molecule has 0 aliphatic heterocycles. The van der Waals surface area contributed by atoms with Gasteiger partial charge in [0, 0.05) is 31.5 Å². The lowest BCUT2D eigenvalue weighted by Gasteiger charge is -2.17. The minimum absolute atomic E-state index is 0.123. The maximum atomic E-state index is 6.24. The first-order chi connectivity index (χ1) is 6.75. The molecule has 1 rings (SSSR count). The Hall–Kier alpha value is -0.600. The van der Waals surface area contributed by atoms with Crippen LogP contribution in [0.1, 0.15) is 24.8 Å². The molecule has 0 saturated heterocycles. The number of aromatic nitrogens is 1. The molecular weight excluding hydrogens is 198 g/mol. The molecule has 0 aliphatic rings. The second-order valence-corrected chi connectivity index (χ2v) is 3.93. The molecule has 0 N–H and O–H groups in total. The van der Waals surface area contributed by atoms with E-state index in [1.54, 1.807) is 19.5 Å². The van der Waals surface area contributed by atoms with Crippen molar-refractivity contribution >= 4 is 11.6 Å². The van der Waals surface area contributed by atoms with E-state index in [2.05, 4.69) is 11.9 Å². The van der Waals surface area contributed by atoms with Crippen molar-refractivity contribution in [2.24, 2.45) is 0 Å². The maximum absolute atomic E-state index is 6.24. The van der Waals surface area contributed by atoms with E-state index in [4.69, 9.17) is 16.3 Å². The summed E-state index contributed by atoms with van der Waals surface area (Å²) >= 11 is 6.24. The van der Waals surface area contributed by atoms with Gasteiger partial charge in [0.15, 0.2) is 0 Å². The second-order valence-electron chi connectivity index (χ2n) is 3.37. The molecule has 14 heavy (non-hydrogen) atoms. The van der Waals surface area contributed by atoms with Crippen molar-refractivity contribution < 1.29 is 4.74 Å². The first-order valence-electron chi connectivity index (χ1n) is 4.78. The molecule has 3 heteroatoms. The fraction of sp³-hybridized carbons (Fsp3) is 0.545. The summed E-state index contributed by atoms with van der Waals surface area (Å²) in [5.74, 6) is 0.342. The second kappa shape index (κ2) is 5.99. The summed E-state index contributed by atoms with van der Waals surface area (Å²) in [5.41, 5.74) is 1.23. The molecule has 0 fully saturated rings. The zero-order valence-corrected chi connectivity index (χ0v) is 9.37. The number of alkyl halides is 1. The molecule has 0 aliphatic carbocycles. The Kier molecular flexibility index (Phi) is 4.91. The first-order valence-corrected chi connectivity index (χ1v) is 5.22. The van der Waals surface area contributed by atoms with E-state index in [0.29, 0.717) is 12.5 Å². The van der Waals surface area contributed by atoms with Gasteiger partial charge in [0.2, 0.25) is 0 Å². The maximum Gasteiger partial charge on any atom is 0.0476 e.